The lowest BCUT2D eigenvalue weighted by Crippen LogP contribution is -2.07. The minimum absolute atomic E-state index is 0.0816. The van der Waals surface area contributed by atoms with E-state index in [2.05, 4.69) is 0 Å². The number of benzene rings is 1. The standard InChI is InChI=1S/C16H22O5/c17-12-13-7-6-8-14(11-13)21-16(20)10-5-3-1-2-4-9-15(18)19/h6-8,11,17H,1-5,9-10,12H2,(H,18,19). The van der Waals surface area contributed by atoms with Crippen molar-refractivity contribution in [1.82, 2.24) is 0 Å². The Labute approximate surface area is 124 Å². The molecule has 0 amide bonds. The van der Waals surface area contributed by atoms with Gasteiger partial charge in [-0.15, -0.1) is 0 Å². The number of carboxylic acid groups (broad SMARTS) is 1. The number of hydrogen-bond acceptors (Lipinski definition) is 4. The van der Waals surface area contributed by atoms with Gasteiger partial charge in [-0.05, 0) is 30.5 Å². The summed E-state index contributed by atoms with van der Waals surface area (Å²) in [5.41, 5.74) is 0.707. The molecule has 0 spiro atoms. The first kappa shape index (κ1) is 17.2. The highest BCUT2D eigenvalue weighted by Gasteiger charge is 2.05. The number of unbranched alkanes of at least 4 members (excludes halogenated alkanes) is 4. The second kappa shape index (κ2) is 9.94. The van der Waals surface area contributed by atoms with Gasteiger partial charge in [0, 0.05) is 12.8 Å². The molecule has 1 aromatic carbocycles. The monoisotopic (exact) mass is 294 g/mol. The van der Waals surface area contributed by atoms with Crippen LogP contribution in [0.5, 0.6) is 5.75 Å². The van der Waals surface area contributed by atoms with Crippen molar-refractivity contribution in [1.29, 1.82) is 0 Å². The Kier molecular flexibility index (Phi) is 8.12. The van der Waals surface area contributed by atoms with Crippen molar-refractivity contribution in [3.8, 4) is 5.75 Å². The highest BCUT2D eigenvalue weighted by molar-refractivity contribution is 5.72. The van der Waals surface area contributed by atoms with Gasteiger partial charge in [0.2, 0.25) is 0 Å². The predicted molar refractivity (Wildman–Crippen MR) is 78.0 cm³/mol. The van der Waals surface area contributed by atoms with Crippen molar-refractivity contribution in [3.63, 3.8) is 0 Å². The Balaban J connectivity index is 2.12. The molecule has 1 aromatic rings. The summed E-state index contributed by atoms with van der Waals surface area (Å²) in [6, 6.07) is 6.82. The summed E-state index contributed by atoms with van der Waals surface area (Å²) in [7, 11) is 0. The molecule has 0 atom stereocenters. The molecule has 0 saturated carbocycles. The van der Waals surface area contributed by atoms with Gasteiger partial charge in [-0.2, -0.15) is 0 Å². The van der Waals surface area contributed by atoms with Crippen LogP contribution in [0.1, 0.15) is 50.5 Å². The maximum atomic E-state index is 11.6. The molecule has 5 nitrogen and oxygen atoms in total. The average molecular weight is 294 g/mol. The van der Waals surface area contributed by atoms with Gasteiger partial charge in [-0.1, -0.05) is 31.4 Å². The van der Waals surface area contributed by atoms with Crippen LogP contribution in [0, 0.1) is 0 Å². The van der Waals surface area contributed by atoms with Crippen molar-refractivity contribution in [2.45, 2.75) is 51.6 Å². The topological polar surface area (TPSA) is 83.8 Å². The molecule has 0 fully saturated rings. The average Bonchev–Trinajstić information content (AvgIpc) is 2.46. The largest absolute Gasteiger partial charge is 0.481 e. The normalized spacial score (nSPS) is 10.3. The number of aliphatic hydroxyl groups is 1. The Morgan fingerprint density at radius 1 is 1.00 bits per heavy atom. The number of carboxylic acids is 1. The van der Waals surface area contributed by atoms with E-state index in [1.54, 1.807) is 24.3 Å². The lowest BCUT2D eigenvalue weighted by atomic mass is 10.1. The molecule has 2 N–H and O–H groups in total. The molecule has 21 heavy (non-hydrogen) atoms. The lowest BCUT2D eigenvalue weighted by molar-refractivity contribution is -0.137. The van der Waals surface area contributed by atoms with Crippen LogP contribution < -0.4 is 4.74 Å². The van der Waals surface area contributed by atoms with E-state index in [1.807, 2.05) is 0 Å². The maximum Gasteiger partial charge on any atom is 0.311 e. The summed E-state index contributed by atoms with van der Waals surface area (Å²) >= 11 is 0. The zero-order valence-corrected chi connectivity index (χ0v) is 12.1. The molecule has 0 aliphatic rings. The van der Waals surface area contributed by atoms with Crippen LogP contribution in [0.4, 0.5) is 0 Å². The number of esters is 1. The minimum Gasteiger partial charge on any atom is -0.481 e. The van der Waals surface area contributed by atoms with E-state index >= 15 is 0 Å². The number of hydrogen-bond donors (Lipinski definition) is 2. The number of aliphatic carboxylic acids is 1. The Morgan fingerprint density at radius 2 is 1.67 bits per heavy atom. The van der Waals surface area contributed by atoms with Crippen LogP contribution in [0.3, 0.4) is 0 Å². The van der Waals surface area contributed by atoms with E-state index in [0.717, 1.165) is 25.7 Å². The van der Waals surface area contributed by atoms with Crippen LogP contribution in [0.25, 0.3) is 0 Å². The predicted octanol–water partition coefficient (Wildman–Crippen LogP) is 2.90. The third kappa shape index (κ3) is 8.09. The van der Waals surface area contributed by atoms with Gasteiger partial charge in [-0.3, -0.25) is 9.59 Å². The number of aliphatic hydroxyl groups excluding tert-OH is 1. The highest BCUT2D eigenvalue weighted by Crippen LogP contribution is 2.15. The van der Waals surface area contributed by atoms with Gasteiger partial charge in [0.1, 0.15) is 5.75 Å². The fourth-order valence-corrected chi connectivity index (χ4v) is 1.97. The van der Waals surface area contributed by atoms with Crippen molar-refractivity contribution in [3.05, 3.63) is 29.8 Å². The third-order valence-corrected chi connectivity index (χ3v) is 3.08. The summed E-state index contributed by atoms with van der Waals surface area (Å²) in [5.74, 6) is -0.590. The quantitative estimate of drug-likeness (QED) is 0.394. The smallest absolute Gasteiger partial charge is 0.311 e. The van der Waals surface area contributed by atoms with Gasteiger partial charge in [0.05, 0.1) is 6.61 Å². The molecule has 0 aliphatic heterocycles. The molecule has 1 rings (SSSR count). The minimum atomic E-state index is -0.760. The second-order valence-corrected chi connectivity index (χ2v) is 4.94. The third-order valence-electron chi connectivity index (χ3n) is 3.08. The molecule has 116 valence electrons. The van der Waals surface area contributed by atoms with Crippen molar-refractivity contribution in [2.75, 3.05) is 0 Å². The van der Waals surface area contributed by atoms with Crippen LogP contribution >= 0.6 is 0 Å². The number of ether oxygens (including phenoxy) is 1. The fraction of sp³-hybridized carbons (Fsp3) is 0.500. The van der Waals surface area contributed by atoms with E-state index in [4.69, 9.17) is 14.9 Å². The van der Waals surface area contributed by atoms with Gasteiger partial charge in [0.25, 0.3) is 0 Å². The fourth-order valence-electron chi connectivity index (χ4n) is 1.97. The summed E-state index contributed by atoms with van der Waals surface area (Å²) in [6.07, 6.45) is 4.69. The Hall–Kier alpha value is -1.88. The highest BCUT2D eigenvalue weighted by atomic mass is 16.5. The van der Waals surface area contributed by atoms with Crippen LogP contribution in [0.15, 0.2) is 24.3 Å². The van der Waals surface area contributed by atoms with Gasteiger partial charge < -0.3 is 14.9 Å². The van der Waals surface area contributed by atoms with Gasteiger partial charge >= 0.3 is 11.9 Å². The lowest BCUT2D eigenvalue weighted by Gasteiger charge is -2.05. The van der Waals surface area contributed by atoms with E-state index in [-0.39, 0.29) is 19.0 Å². The second-order valence-electron chi connectivity index (χ2n) is 4.94. The van der Waals surface area contributed by atoms with E-state index in [9.17, 15) is 9.59 Å². The van der Waals surface area contributed by atoms with E-state index < -0.39 is 5.97 Å². The molecule has 0 saturated heterocycles. The Bertz CT molecular complexity index is 456. The number of rotatable bonds is 10. The molecule has 0 radical (unpaired) electrons. The molecular weight excluding hydrogens is 272 g/mol. The zero-order valence-electron chi connectivity index (χ0n) is 12.1. The summed E-state index contributed by atoms with van der Waals surface area (Å²) in [6.45, 7) is -0.0816. The first-order valence-corrected chi connectivity index (χ1v) is 7.24. The first-order chi connectivity index (χ1) is 10.1. The van der Waals surface area contributed by atoms with Crippen molar-refractivity contribution in [2.24, 2.45) is 0 Å². The first-order valence-electron chi connectivity index (χ1n) is 7.24. The van der Waals surface area contributed by atoms with Crippen molar-refractivity contribution < 1.29 is 24.5 Å². The molecule has 0 heterocycles. The van der Waals surface area contributed by atoms with Crippen molar-refractivity contribution >= 4 is 11.9 Å². The molecule has 0 unspecified atom stereocenters. The summed E-state index contributed by atoms with van der Waals surface area (Å²) < 4.78 is 5.19. The maximum absolute atomic E-state index is 11.6. The van der Waals surface area contributed by atoms with Gasteiger partial charge in [-0.25, -0.2) is 0 Å². The molecular formula is C16H22O5. The molecule has 0 aromatic heterocycles. The van der Waals surface area contributed by atoms with Gasteiger partial charge in [0.15, 0.2) is 0 Å². The van der Waals surface area contributed by atoms with E-state index in [1.165, 1.54) is 0 Å². The van der Waals surface area contributed by atoms with Crippen LogP contribution in [0.2, 0.25) is 0 Å². The van der Waals surface area contributed by atoms with Crippen LogP contribution in [-0.2, 0) is 16.2 Å². The summed E-state index contributed by atoms with van der Waals surface area (Å²) in [5, 5.41) is 17.5. The Morgan fingerprint density at radius 3 is 2.33 bits per heavy atom. The molecule has 0 bridgehead atoms. The molecule has 0 aliphatic carbocycles. The van der Waals surface area contributed by atoms with Crippen LogP contribution in [-0.4, -0.2) is 22.2 Å². The summed E-state index contributed by atoms with van der Waals surface area (Å²) in [4.78, 5) is 21.9. The van der Waals surface area contributed by atoms with E-state index in [0.29, 0.717) is 24.2 Å². The zero-order chi connectivity index (χ0) is 15.5. The molecule has 5 heteroatoms. The number of carbonyl (C=O) groups is 2. The SMILES string of the molecule is O=C(O)CCCCCCCC(=O)Oc1cccc(CO)c1. The number of carbonyl (C=O) groups excluding carboxylic acids is 1.